The van der Waals surface area contributed by atoms with Gasteiger partial charge in [-0.15, -0.1) is 0 Å². The smallest absolute Gasteiger partial charge is 0.208 e. The van der Waals surface area contributed by atoms with Crippen molar-refractivity contribution in [3.63, 3.8) is 0 Å². The van der Waals surface area contributed by atoms with E-state index < -0.39 is 6.10 Å². The number of piperidine rings is 1. The lowest BCUT2D eigenvalue weighted by atomic mass is 9.96. The second-order valence-electron chi connectivity index (χ2n) is 3.44. The maximum Gasteiger partial charge on any atom is 0.208 e. The van der Waals surface area contributed by atoms with Gasteiger partial charge in [0.25, 0.3) is 0 Å². The van der Waals surface area contributed by atoms with Crippen LogP contribution >= 0.6 is 0 Å². The molecule has 0 aromatic rings. The van der Waals surface area contributed by atoms with Gasteiger partial charge in [0, 0.05) is 26.1 Å². The number of aliphatic hydroxyl groups excluding tert-OH is 2. The molecular formula is C8H18N4O2. The topological polar surface area (TPSA) is 94.1 Å². The summed E-state index contributed by atoms with van der Waals surface area (Å²) in [6, 6.07) is 0. The summed E-state index contributed by atoms with van der Waals surface area (Å²) in [5, 5.41) is 18.6. The number of likely N-dealkylation sites (tertiary alicyclic amines) is 1. The van der Waals surface area contributed by atoms with Gasteiger partial charge in [0.2, 0.25) is 5.96 Å². The Morgan fingerprint density at radius 3 is 2.93 bits per heavy atom. The molecule has 1 aliphatic heterocycles. The zero-order valence-electron chi connectivity index (χ0n) is 8.35. The third-order valence-electron chi connectivity index (χ3n) is 2.57. The van der Waals surface area contributed by atoms with E-state index in [0.29, 0.717) is 25.5 Å². The van der Waals surface area contributed by atoms with E-state index in [-0.39, 0.29) is 12.5 Å². The first kappa shape index (κ1) is 11.2. The predicted octanol–water partition coefficient (Wildman–Crippen LogP) is -1.89. The predicted molar refractivity (Wildman–Crippen MR) is 53.5 cm³/mol. The Labute approximate surface area is 83.4 Å². The molecule has 0 aromatic heterocycles. The third-order valence-corrected chi connectivity index (χ3v) is 2.57. The van der Waals surface area contributed by atoms with Crippen molar-refractivity contribution in [1.82, 2.24) is 10.3 Å². The Kier molecular flexibility index (Phi) is 4.12. The summed E-state index contributed by atoms with van der Waals surface area (Å²) in [6.07, 6.45) is 0.207. The molecule has 0 spiro atoms. The van der Waals surface area contributed by atoms with E-state index in [4.69, 9.17) is 10.9 Å². The molecule has 0 saturated carbocycles. The van der Waals surface area contributed by atoms with E-state index in [9.17, 15) is 5.11 Å². The van der Waals surface area contributed by atoms with E-state index in [1.54, 1.807) is 7.05 Å². The number of hydrazine groups is 1. The molecule has 1 heterocycles. The first-order valence-corrected chi connectivity index (χ1v) is 4.70. The summed E-state index contributed by atoms with van der Waals surface area (Å²) in [4.78, 5) is 5.89. The van der Waals surface area contributed by atoms with E-state index in [2.05, 4.69) is 10.4 Å². The molecule has 0 radical (unpaired) electrons. The Morgan fingerprint density at radius 1 is 1.71 bits per heavy atom. The van der Waals surface area contributed by atoms with Crippen LogP contribution in [0.4, 0.5) is 0 Å². The van der Waals surface area contributed by atoms with Crippen LogP contribution in [0.2, 0.25) is 0 Å². The second kappa shape index (κ2) is 5.14. The summed E-state index contributed by atoms with van der Waals surface area (Å²) < 4.78 is 0. The van der Waals surface area contributed by atoms with E-state index >= 15 is 0 Å². The lowest BCUT2D eigenvalue weighted by Gasteiger charge is -2.36. The zero-order chi connectivity index (χ0) is 10.6. The first-order valence-electron chi connectivity index (χ1n) is 4.70. The van der Waals surface area contributed by atoms with Crippen LogP contribution in [-0.4, -0.2) is 53.9 Å². The van der Waals surface area contributed by atoms with E-state index in [1.165, 1.54) is 0 Å². The maximum atomic E-state index is 9.54. The molecule has 14 heavy (non-hydrogen) atoms. The number of nitrogens with zero attached hydrogens (tertiary/aromatic N) is 2. The van der Waals surface area contributed by atoms with Crippen LogP contribution in [0.25, 0.3) is 0 Å². The highest BCUT2D eigenvalue weighted by Gasteiger charge is 2.28. The monoisotopic (exact) mass is 202 g/mol. The number of aliphatic imine (C=N–C) groups is 1. The number of nitrogens with one attached hydrogen (secondary N) is 1. The van der Waals surface area contributed by atoms with Gasteiger partial charge in [-0.2, -0.15) is 0 Å². The Bertz CT molecular complexity index is 210. The minimum atomic E-state index is -0.424. The van der Waals surface area contributed by atoms with Crippen molar-refractivity contribution >= 4 is 5.96 Å². The van der Waals surface area contributed by atoms with Crippen LogP contribution in [0, 0.1) is 5.92 Å². The highest BCUT2D eigenvalue weighted by atomic mass is 16.3. The number of aliphatic hydroxyl groups is 2. The molecule has 82 valence electrons. The van der Waals surface area contributed by atoms with Crippen LogP contribution in [0.5, 0.6) is 0 Å². The van der Waals surface area contributed by atoms with Crippen molar-refractivity contribution in [2.75, 3.05) is 26.7 Å². The molecule has 2 unspecified atom stereocenters. The van der Waals surface area contributed by atoms with Crippen LogP contribution in [0.15, 0.2) is 4.99 Å². The van der Waals surface area contributed by atoms with Crippen molar-refractivity contribution in [2.45, 2.75) is 12.5 Å². The molecule has 6 nitrogen and oxygen atoms in total. The summed E-state index contributed by atoms with van der Waals surface area (Å²) in [7, 11) is 1.65. The summed E-state index contributed by atoms with van der Waals surface area (Å²) in [5.74, 6) is 5.76. The van der Waals surface area contributed by atoms with Crippen LogP contribution in [0.3, 0.4) is 0 Å². The van der Waals surface area contributed by atoms with Gasteiger partial charge < -0.3 is 15.1 Å². The normalized spacial score (nSPS) is 29.1. The van der Waals surface area contributed by atoms with Crippen molar-refractivity contribution in [2.24, 2.45) is 16.8 Å². The van der Waals surface area contributed by atoms with Gasteiger partial charge in [0.1, 0.15) is 0 Å². The molecule has 0 aliphatic carbocycles. The molecule has 6 heteroatoms. The van der Waals surface area contributed by atoms with Gasteiger partial charge in [-0.3, -0.25) is 10.4 Å². The number of guanidine groups is 1. The number of rotatable bonds is 1. The summed E-state index contributed by atoms with van der Waals surface area (Å²) in [5.41, 5.74) is 2.49. The van der Waals surface area contributed by atoms with Gasteiger partial charge in [-0.25, -0.2) is 5.84 Å². The molecular weight excluding hydrogens is 184 g/mol. The molecule has 5 N–H and O–H groups in total. The van der Waals surface area contributed by atoms with Gasteiger partial charge >= 0.3 is 0 Å². The minimum absolute atomic E-state index is 0.0147. The highest BCUT2D eigenvalue weighted by molar-refractivity contribution is 5.79. The molecule has 1 aliphatic rings. The summed E-state index contributed by atoms with van der Waals surface area (Å²) in [6.45, 7) is 1.27. The zero-order valence-corrected chi connectivity index (χ0v) is 8.35. The quantitative estimate of drug-likeness (QED) is 0.173. The van der Waals surface area contributed by atoms with Gasteiger partial charge in [0.15, 0.2) is 0 Å². The van der Waals surface area contributed by atoms with Crippen molar-refractivity contribution in [1.29, 1.82) is 0 Å². The SMILES string of the molecule is CN=C(NN)N1CCC(O)C(CO)C1. The Balaban J connectivity index is 2.58. The van der Waals surface area contributed by atoms with Crippen molar-refractivity contribution < 1.29 is 10.2 Å². The largest absolute Gasteiger partial charge is 0.396 e. The van der Waals surface area contributed by atoms with Crippen LogP contribution in [0.1, 0.15) is 6.42 Å². The van der Waals surface area contributed by atoms with Gasteiger partial charge in [-0.05, 0) is 6.42 Å². The number of nitrogens with two attached hydrogens (primary N) is 1. The molecule has 1 rings (SSSR count). The fourth-order valence-corrected chi connectivity index (χ4v) is 1.69. The molecule has 2 atom stereocenters. The van der Waals surface area contributed by atoms with E-state index in [1.807, 2.05) is 4.90 Å². The van der Waals surface area contributed by atoms with Crippen molar-refractivity contribution in [3.8, 4) is 0 Å². The lowest BCUT2D eigenvalue weighted by molar-refractivity contribution is 0.0189. The molecule has 1 saturated heterocycles. The summed E-state index contributed by atoms with van der Waals surface area (Å²) >= 11 is 0. The maximum absolute atomic E-state index is 9.54. The molecule has 1 fully saturated rings. The fraction of sp³-hybridized carbons (Fsp3) is 0.875. The molecule has 0 bridgehead atoms. The van der Waals surface area contributed by atoms with Crippen LogP contribution in [-0.2, 0) is 0 Å². The number of hydrogen-bond acceptors (Lipinski definition) is 4. The average molecular weight is 202 g/mol. The van der Waals surface area contributed by atoms with Crippen LogP contribution < -0.4 is 11.3 Å². The highest BCUT2D eigenvalue weighted by Crippen LogP contribution is 2.16. The minimum Gasteiger partial charge on any atom is -0.396 e. The van der Waals surface area contributed by atoms with Gasteiger partial charge in [0.05, 0.1) is 12.7 Å². The average Bonchev–Trinajstić information content (AvgIpc) is 2.22. The Morgan fingerprint density at radius 2 is 2.43 bits per heavy atom. The van der Waals surface area contributed by atoms with E-state index in [0.717, 1.165) is 0 Å². The first-order chi connectivity index (χ1) is 6.72. The fourth-order valence-electron chi connectivity index (χ4n) is 1.69. The molecule has 0 amide bonds. The standard InChI is InChI=1S/C8H18N4O2/c1-10-8(11-9)12-3-2-7(14)6(4-12)5-13/h6-7,13-14H,2-5,9H2,1H3,(H,10,11). The lowest BCUT2D eigenvalue weighted by Crippen LogP contribution is -2.52. The molecule has 0 aromatic carbocycles. The van der Waals surface area contributed by atoms with Gasteiger partial charge in [-0.1, -0.05) is 0 Å². The third kappa shape index (κ3) is 2.34. The Hall–Kier alpha value is -0.850. The van der Waals surface area contributed by atoms with Crippen molar-refractivity contribution in [3.05, 3.63) is 0 Å². The number of hydrogen-bond donors (Lipinski definition) is 4. The second-order valence-corrected chi connectivity index (χ2v) is 3.44.